The Bertz CT molecular complexity index is 986. The first-order valence-corrected chi connectivity index (χ1v) is 12.5. The van der Waals surface area contributed by atoms with Crippen molar-refractivity contribution in [3.63, 3.8) is 0 Å². The summed E-state index contributed by atoms with van der Waals surface area (Å²) in [7, 11) is 3.17. The smallest absolute Gasteiger partial charge is 0.412 e. The van der Waals surface area contributed by atoms with Gasteiger partial charge < -0.3 is 23.7 Å². The summed E-state index contributed by atoms with van der Waals surface area (Å²) >= 11 is 0. The van der Waals surface area contributed by atoms with Crippen molar-refractivity contribution in [1.82, 2.24) is 0 Å². The molecule has 0 spiro atoms. The third-order valence-corrected chi connectivity index (χ3v) is 7.59. The molecule has 4 fully saturated rings. The molecule has 1 amide bonds. The lowest BCUT2D eigenvalue weighted by Crippen LogP contribution is -2.53. The summed E-state index contributed by atoms with van der Waals surface area (Å²) < 4.78 is 28.0. The van der Waals surface area contributed by atoms with Crippen LogP contribution in [0.15, 0.2) is 36.4 Å². The number of amides is 1. The van der Waals surface area contributed by atoms with Gasteiger partial charge in [0.05, 0.1) is 5.56 Å². The Morgan fingerprint density at radius 1 is 0.886 bits per heavy atom. The van der Waals surface area contributed by atoms with Gasteiger partial charge in [-0.25, -0.2) is 4.79 Å². The molecule has 188 valence electrons. The first-order chi connectivity index (χ1) is 17.0. The molecule has 0 heterocycles. The van der Waals surface area contributed by atoms with Crippen molar-refractivity contribution in [2.75, 3.05) is 33.1 Å². The Morgan fingerprint density at radius 2 is 1.40 bits per heavy atom. The van der Waals surface area contributed by atoms with E-state index in [4.69, 9.17) is 23.7 Å². The van der Waals surface area contributed by atoms with E-state index >= 15 is 0 Å². The van der Waals surface area contributed by atoms with Crippen molar-refractivity contribution < 1.29 is 28.5 Å². The van der Waals surface area contributed by atoms with Crippen LogP contribution in [0.4, 0.5) is 10.5 Å². The maximum Gasteiger partial charge on any atom is 0.412 e. The number of carbonyl (C=O) groups excluding carboxylic acids is 1. The highest BCUT2D eigenvalue weighted by Crippen LogP contribution is 2.57. The summed E-state index contributed by atoms with van der Waals surface area (Å²) in [5.41, 5.74) is 3.11. The highest BCUT2D eigenvalue weighted by molar-refractivity contribution is 5.86. The Hall–Kier alpha value is -2.77. The van der Waals surface area contributed by atoms with Crippen molar-refractivity contribution in [3.8, 4) is 22.6 Å². The molecule has 7 nitrogen and oxygen atoms in total. The molecule has 1 N–H and O–H groups in total. The van der Waals surface area contributed by atoms with E-state index < -0.39 is 0 Å². The largest absolute Gasteiger partial charge is 0.467 e. The number of hydrogen-bond acceptors (Lipinski definition) is 6. The molecule has 0 atom stereocenters. The van der Waals surface area contributed by atoms with E-state index in [9.17, 15) is 4.79 Å². The molecule has 4 aliphatic carbocycles. The first-order valence-electron chi connectivity index (χ1n) is 12.5. The number of carbonyl (C=O) groups is 1. The van der Waals surface area contributed by atoms with Crippen LogP contribution in [0, 0.1) is 24.7 Å². The van der Waals surface area contributed by atoms with E-state index in [1.54, 1.807) is 14.2 Å². The highest BCUT2D eigenvalue weighted by atomic mass is 16.7. The molecule has 35 heavy (non-hydrogen) atoms. The Kier molecular flexibility index (Phi) is 6.89. The highest BCUT2D eigenvalue weighted by Gasteiger charge is 2.53. The quantitative estimate of drug-likeness (QED) is 0.433. The van der Waals surface area contributed by atoms with Gasteiger partial charge in [-0.1, -0.05) is 12.1 Å². The van der Waals surface area contributed by atoms with Crippen LogP contribution in [-0.4, -0.2) is 39.5 Å². The number of nitrogens with one attached hydrogen (secondary N) is 1. The van der Waals surface area contributed by atoms with Crippen LogP contribution < -0.4 is 14.8 Å². The lowest BCUT2D eigenvalue weighted by molar-refractivity contribution is -0.124. The van der Waals surface area contributed by atoms with Crippen LogP contribution in [-0.2, 0) is 14.2 Å². The van der Waals surface area contributed by atoms with Crippen LogP contribution in [0.3, 0.4) is 0 Å². The Morgan fingerprint density at radius 3 is 1.89 bits per heavy atom. The molecule has 4 bridgehead atoms. The van der Waals surface area contributed by atoms with Crippen molar-refractivity contribution >= 4 is 11.8 Å². The first kappa shape index (κ1) is 23.9. The Labute approximate surface area is 207 Å². The average Bonchev–Trinajstić information content (AvgIpc) is 2.80. The second-order valence-electron chi connectivity index (χ2n) is 10.4. The van der Waals surface area contributed by atoms with E-state index in [0.717, 1.165) is 53.7 Å². The predicted molar refractivity (Wildman–Crippen MR) is 133 cm³/mol. The fourth-order valence-corrected chi connectivity index (χ4v) is 6.69. The van der Waals surface area contributed by atoms with Gasteiger partial charge in [-0.2, -0.15) is 0 Å². The van der Waals surface area contributed by atoms with E-state index in [1.165, 1.54) is 19.3 Å². The normalized spacial score (nSPS) is 26.4. The summed E-state index contributed by atoms with van der Waals surface area (Å²) in [6.45, 7) is 2.22. The molecule has 0 radical (unpaired) electrons. The average molecular weight is 482 g/mol. The third-order valence-electron chi connectivity index (χ3n) is 7.59. The molecule has 2 aromatic carbocycles. The second-order valence-corrected chi connectivity index (χ2v) is 10.4. The second kappa shape index (κ2) is 10.1. The van der Waals surface area contributed by atoms with Gasteiger partial charge in [-0.15, -0.1) is 0 Å². The van der Waals surface area contributed by atoms with E-state index in [-0.39, 0.29) is 25.3 Å². The number of anilines is 1. The van der Waals surface area contributed by atoms with Crippen LogP contribution in [0.1, 0.15) is 44.1 Å². The summed E-state index contributed by atoms with van der Waals surface area (Å²) in [4.78, 5) is 12.8. The molecule has 6 rings (SSSR count). The maximum absolute atomic E-state index is 12.8. The summed E-state index contributed by atoms with van der Waals surface area (Å²) in [5, 5.41) is 2.94. The van der Waals surface area contributed by atoms with E-state index in [1.807, 2.05) is 43.3 Å². The fourth-order valence-electron chi connectivity index (χ4n) is 6.69. The van der Waals surface area contributed by atoms with Crippen LogP contribution >= 0.6 is 0 Å². The van der Waals surface area contributed by atoms with Gasteiger partial charge >= 0.3 is 6.09 Å². The van der Waals surface area contributed by atoms with Crippen molar-refractivity contribution in [3.05, 3.63) is 42.0 Å². The number of ether oxygens (including phenoxy) is 5. The number of benzene rings is 2. The lowest BCUT2D eigenvalue weighted by atomic mass is 9.54. The van der Waals surface area contributed by atoms with Crippen molar-refractivity contribution in [1.29, 1.82) is 0 Å². The number of aryl methyl sites for hydroxylation is 1. The monoisotopic (exact) mass is 481 g/mol. The molecule has 4 aliphatic rings. The van der Waals surface area contributed by atoms with E-state index in [0.29, 0.717) is 17.2 Å². The number of methoxy groups -OCH3 is 2. The minimum Gasteiger partial charge on any atom is -0.467 e. The molecular weight excluding hydrogens is 446 g/mol. The van der Waals surface area contributed by atoms with Gasteiger partial charge in [0.25, 0.3) is 0 Å². The zero-order valence-electron chi connectivity index (χ0n) is 20.8. The molecule has 7 heteroatoms. The van der Waals surface area contributed by atoms with Gasteiger partial charge in [0.2, 0.25) is 0 Å². The van der Waals surface area contributed by atoms with Gasteiger partial charge in [0.15, 0.2) is 13.6 Å². The molecule has 0 aliphatic heterocycles. The molecule has 0 saturated heterocycles. The SMILES string of the molecule is COCOc1cc(C)cc(OCOC)c1-c1ccc(NC(=O)OC23CC4CC(CC(C4)C2)C3)cc1. The molecule has 0 aromatic heterocycles. The van der Waals surface area contributed by atoms with Gasteiger partial charge in [-0.3, -0.25) is 5.32 Å². The van der Waals surface area contributed by atoms with Crippen molar-refractivity contribution in [2.24, 2.45) is 17.8 Å². The topological polar surface area (TPSA) is 75.3 Å². The number of rotatable bonds is 9. The zero-order chi connectivity index (χ0) is 24.4. The van der Waals surface area contributed by atoms with Gasteiger partial charge in [0.1, 0.15) is 17.1 Å². The minimum absolute atomic E-state index is 0.121. The molecule has 2 aromatic rings. The Balaban J connectivity index is 1.31. The van der Waals surface area contributed by atoms with Crippen LogP contribution in [0.25, 0.3) is 11.1 Å². The van der Waals surface area contributed by atoms with E-state index in [2.05, 4.69) is 5.32 Å². The van der Waals surface area contributed by atoms with Gasteiger partial charge in [0, 0.05) is 19.9 Å². The zero-order valence-corrected chi connectivity index (χ0v) is 20.8. The lowest BCUT2D eigenvalue weighted by Gasteiger charge is -2.55. The minimum atomic E-state index is -0.358. The third kappa shape index (κ3) is 5.26. The number of hydrogen-bond donors (Lipinski definition) is 1. The van der Waals surface area contributed by atoms with Crippen molar-refractivity contribution in [2.45, 2.75) is 51.0 Å². The van der Waals surface area contributed by atoms with Crippen LogP contribution in [0.5, 0.6) is 11.5 Å². The summed E-state index contributed by atoms with van der Waals surface area (Å²) in [6, 6.07) is 11.5. The molecule has 4 saturated carbocycles. The standard InChI is InChI=1S/C28H35NO6/c1-18-8-24(33-16-31-2)26(25(9-18)34-17-32-3)22-4-6-23(7-5-22)29-27(30)35-28-13-19-10-20(14-28)12-21(11-19)15-28/h4-9,19-21H,10-17H2,1-3H3,(H,29,30). The van der Waals surface area contributed by atoms with Gasteiger partial charge in [-0.05, 0) is 98.6 Å². The van der Waals surface area contributed by atoms with Crippen LogP contribution in [0.2, 0.25) is 0 Å². The molecule has 0 unspecified atom stereocenters. The maximum atomic E-state index is 12.8. The summed E-state index contributed by atoms with van der Waals surface area (Å²) in [5.74, 6) is 3.49. The fraction of sp³-hybridized carbons (Fsp3) is 0.536. The predicted octanol–water partition coefficient (Wildman–Crippen LogP) is 6.14. The molecular formula is C28H35NO6. The summed E-state index contributed by atoms with van der Waals surface area (Å²) in [6.07, 6.45) is 6.65.